The zero-order valence-corrected chi connectivity index (χ0v) is 13.7. The molecule has 0 atom stereocenters. The molecule has 0 bridgehead atoms. The van der Waals surface area contributed by atoms with E-state index in [0.29, 0.717) is 17.0 Å². The van der Waals surface area contributed by atoms with Gasteiger partial charge in [-0.2, -0.15) is 0 Å². The van der Waals surface area contributed by atoms with Crippen LogP contribution in [-0.2, 0) is 0 Å². The van der Waals surface area contributed by atoms with E-state index in [2.05, 4.69) is 10.2 Å². The summed E-state index contributed by atoms with van der Waals surface area (Å²) in [5.41, 5.74) is 4.74. The molecule has 0 amide bonds. The lowest BCUT2D eigenvalue weighted by Crippen LogP contribution is -1.98. The highest BCUT2D eigenvalue weighted by molar-refractivity contribution is 5.87. The molecule has 0 aliphatic carbocycles. The largest absolute Gasteiger partial charge is 0.271 e. The van der Waals surface area contributed by atoms with Gasteiger partial charge in [-0.3, -0.25) is 4.40 Å². The van der Waals surface area contributed by atoms with E-state index in [1.165, 1.54) is 12.1 Å². The van der Waals surface area contributed by atoms with Gasteiger partial charge in [0.25, 0.3) is 0 Å². The van der Waals surface area contributed by atoms with E-state index in [1.807, 2.05) is 65.1 Å². The second-order valence-electron chi connectivity index (χ2n) is 6.01. The van der Waals surface area contributed by atoms with Gasteiger partial charge in [0.15, 0.2) is 11.5 Å². The summed E-state index contributed by atoms with van der Waals surface area (Å²) in [6, 6.07) is 24.1. The summed E-state index contributed by atoms with van der Waals surface area (Å²) in [7, 11) is 0. The van der Waals surface area contributed by atoms with Crippen molar-refractivity contribution < 1.29 is 4.39 Å². The molecule has 0 fully saturated rings. The van der Waals surface area contributed by atoms with Crippen LogP contribution in [0.4, 0.5) is 4.39 Å². The molecule has 0 radical (unpaired) electrons. The van der Waals surface area contributed by atoms with E-state index < -0.39 is 0 Å². The highest BCUT2D eigenvalue weighted by atomic mass is 19.1. The van der Waals surface area contributed by atoms with Crippen molar-refractivity contribution in [2.24, 2.45) is 0 Å². The molecule has 26 heavy (non-hydrogen) atoms. The fraction of sp³-hybridized carbons (Fsp3) is 0. The summed E-state index contributed by atoms with van der Waals surface area (Å²) in [5.74, 6) is 0.288. The van der Waals surface area contributed by atoms with Crippen molar-refractivity contribution in [1.82, 2.24) is 19.6 Å². The van der Waals surface area contributed by atoms with Gasteiger partial charge in [0.05, 0.1) is 11.0 Å². The molecule has 0 aliphatic rings. The zero-order chi connectivity index (χ0) is 17.5. The lowest BCUT2D eigenvalue weighted by Gasteiger charge is -2.09. The number of aromatic nitrogens is 4. The number of nitrogens with zero attached hydrogens (tertiary/aromatic N) is 4. The number of para-hydroxylation sites is 2. The van der Waals surface area contributed by atoms with E-state index in [-0.39, 0.29) is 5.82 Å². The van der Waals surface area contributed by atoms with Crippen molar-refractivity contribution in [3.63, 3.8) is 0 Å². The highest BCUT2D eigenvalue weighted by Gasteiger charge is 2.17. The Kier molecular flexibility index (Phi) is 3.25. The van der Waals surface area contributed by atoms with E-state index >= 15 is 0 Å². The molecule has 4 nitrogen and oxygen atoms in total. The van der Waals surface area contributed by atoms with E-state index in [0.717, 1.165) is 22.3 Å². The van der Waals surface area contributed by atoms with Gasteiger partial charge in [0.1, 0.15) is 11.5 Å². The van der Waals surface area contributed by atoms with Crippen LogP contribution in [0.3, 0.4) is 0 Å². The maximum Gasteiger partial charge on any atom is 0.188 e. The predicted octanol–water partition coefficient (Wildman–Crippen LogP) is 4.75. The Morgan fingerprint density at radius 2 is 1.50 bits per heavy atom. The van der Waals surface area contributed by atoms with Crippen LogP contribution in [0.2, 0.25) is 0 Å². The molecule has 0 saturated carbocycles. The number of rotatable bonds is 2. The molecule has 0 spiro atoms. The van der Waals surface area contributed by atoms with Gasteiger partial charge in [-0.15, -0.1) is 10.2 Å². The van der Waals surface area contributed by atoms with Gasteiger partial charge in [-0.25, -0.2) is 9.37 Å². The molecule has 0 saturated heterocycles. The number of halogens is 1. The van der Waals surface area contributed by atoms with Gasteiger partial charge in [0, 0.05) is 11.1 Å². The Balaban J connectivity index is 1.91. The lowest BCUT2D eigenvalue weighted by atomic mass is 10.1. The van der Waals surface area contributed by atoms with Gasteiger partial charge >= 0.3 is 0 Å². The first kappa shape index (κ1) is 14.7. The van der Waals surface area contributed by atoms with Crippen molar-refractivity contribution in [2.45, 2.75) is 0 Å². The molecule has 0 aliphatic heterocycles. The van der Waals surface area contributed by atoms with E-state index in [1.54, 1.807) is 6.07 Å². The third kappa shape index (κ3) is 2.25. The maximum absolute atomic E-state index is 13.7. The zero-order valence-electron chi connectivity index (χ0n) is 13.7. The Bertz CT molecular complexity index is 1250. The molecule has 5 rings (SSSR count). The summed E-state index contributed by atoms with van der Waals surface area (Å²) >= 11 is 0. The molecule has 2 heterocycles. The monoisotopic (exact) mass is 340 g/mol. The topological polar surface area (TPSA) is 43.1 Å². The molecule has 3 aromatic carbocycles. The molecular formula is C21H13FN4. The van der Waals surface area contributed by atoms with Crippen LogP contribution >= 0.6 is 0 Å². The SMILES string of the molecule is Fc1cccc(-c2nnc3c(-c4ccccc4)nc4ccccc4n23)c1. The number of benzene rings is 3. The first-order valence-electron chi connectivity index (χ1n) is 8.26. The van der Waals surface area contributed by atoms with Gasteiger partial charge < -0.3 is 0 Å². The minimum Gasteiger partial charge on any atom is -0.271 e. The summed E-state index contributed by atoms with van der Waals surface area (Å²) in [6.45, 7) is 0. The highest BCUT2D eigenvalue weighted by Crippen LogP contribution is 2.29. The molecule has 5 heteroatoms. The average Bonchev–Trinajstić information content (AvgIpc) is 3.13. The summed E-state index contributed by atoms with van der Waals surface area (Å²) < 4.78 is 15.7. The summed E-state index contributed by atoms with van der Waals surface area (Å²) in [4.78, 5) is 4.80. The Morgan fingerprint density at radius 1 is 0.731 bits per heavy atom. The van der Waals surface area contributed by atoms with Gasteiger partial charge in [0.2, 0.25) is 0 Å². The first-order chi connectivity index (χ1) is 12.8. The fourth-order valence-corrected chi connectivity index (χ4v) is 3.19. The summed E-state index contributed by atoms with van der Waals surface area (Å²) in [5, 5.41) is 8.73. The minimum absolute atomic E-state index is 0.305. The normalized spacial score (nSPS) is 11.3. The molecule has 124 valence electrons. The van der Waals surface area contributed by atoms with Crippen LogP contribution in [0, 0.1) is 5.82 Å². The first-order valence-corrected chi connectivity index (χ1v) is 8.26. The average molecular weight is 340 g/mol. The molecule has 0 unspecified atom stereocenters. The quantitative estimate of drug-likeness (QED) is 0.466. The van der Waals surface area contributed by atoms with E-state index in [4.69, 9.17) is 4.98 Å². The number of fused-ring (bicyclic) bond motifs is 3. The molecular weight excluding hydrogens is 327 g/mol. The Morgan fingerprint density at radius 3 is 2.35 bits per heavy atom. The third-order valence-corrected chi connectivity index (χ3v) is 4.36. The van der Waals surface area contributed by atoms with Crippen LogP contribution in [0.25, 0.3) is 39.3 Å². The van der Waals surface area contributed by atoms with Crippen molar-refractivity contribution in [1.29, 1.82) is 0 Å². The smallest absolute Gasteiger partial charge is 0.188 e. The third-order valence-electron chi connectivity index (χ3n) is 4.36. The van der Waals surface area contributed by atoms with Crippen LogP contribution in [0.5, 0.6) is 0 Å². The predicted molar refractivity (Wildman–Crippen MR) is 99.1 cm³/mol. The Hall–Kier alpha value is -3.60. The van der Waals surface area contributed by atoms with Crippen molar-refractivity contribution in [2.75, 3.05) is 0 Å². The van der Waals surface area contributed by atoms with Crippen molar-refractivity contribution in [3.05, 3.63) is 84.7 Å². The van der Waals surface area contributed by atoms with E-state index in [9.17, 15) is 4.39 Å². The second kappa shape index (κ2) is 5.74. The van der Waals surface area contributed by atoms with Crippen LogP contribution in [-0.4, -0.2) is 19.6 Å². The number of hydrogen-bond acceptors (Lipinski definition) is 3. The second-order valence-corrected chi connectivity index (χ2v) is 6.01. The van der Waals surface area contributed by atoms with Gasteiger partial charge in [-0.05, 0) is 24.3 Å². The molecule has 0 N–H and O–H groups in total. The van der Waals surface area contributed by atoms with Crippen molar-refractivity contribution in [3.8, 4) is 22.6 Å². The summed E-state index contributed by atoms with van der Waals surface area (Å²) in [6.07, 6.45) is 0. The van der Waals surface area contributed by atoms with Gasteiger partial charge in [-0.1, -0.05) is 54.6 Å². The fourth-order valence-electron chi connectivity index (χ4n) is 3.19. The Labute approximate surface area is 148 Å². The van der Waals surface area contributed by atoms with Crippen LogP contribution in [0.15, 0.2) is 78.9 Å². The van der Waals surface area contributed by atoms with Crippen molar-refractivity contribution >= 4 is 16.7 Å². The molecule has 5 aromatic rings. The molecule has 2 aromatic heterocycles. The lowest BCUT2D eigenvalue weighted by molar-refractivity contribution is 0.628. The maximum atomic E-state index is 13.7. The van der Waals surface area contributed by atoms with Crippen LogP contribution in [0.1, 0.15) is 0 Å². The van der Waals surface area contributed by atoms with Crippen LogP contribution < -0.4 is 0 Å². The standard InChI is InChI=1S/C21H13FN4/c22-16-10-6-9-15(13-16)20-24-25-21-19(14-7-2-1-3-8-14)23-17-11-4-5-12-18(17)26(20)21/h1-13H. The number of hydrogen-bond donors (Lipinski definition) is 0. The minimum atomic E-state index is -0.305.